The molecule has 0 spiro atoms. The van der Waals surface area contributed by atoms with Gasteiger partial charge in [0.2, 0.25) is 5.91 Å². The van der Waals surface area contributed by atoms with Crippen LogP contribution in [0.5, 0.6) is 5.75 Å². The van der Waals surface area contributed by atoms with Crippen LogP contribution in [0.25, 0.3) is 0 Å². The van der Waals surface area contributed by atoms with Gasteiger partial charge in [-0.05, 0) is 37.1 Å². The minimum Gasteiger partial charge on any atom is -0.497 e. The zero-order valence-electron chi connectivity index (χ0n) is 14.8. The van der Waals surface area contributed by atoms with Crippen LogP contribution in [0, 0.1) is 5.92 Å². The van der Waals surface area contributed by atoms with Gasteiger partial charge in [0.15, 0.2) is 0 Å². The first-order chi connectivity index (χ1) is 11.4. The number of nitrogens with zero attached hydrogens (tertiary/aromatic N) is 1. The summed E-state index contributed by atoms with van der Waals surface area (Å²) in [5.41, 5.74) is 0.517. The van der Waals surface area contributed by atoms with Crippen molar-refractivity contribution in [3.63, 3.8) is 0 Å². The van der Waals surface area contributed by atoms with E-state index in [4.69, 9.17) is 4.74 Å². The van der Waals surface area contributed by atoms with Crippen molar-refractivity contribution in [1.82, 2.24) is 15.5 Å². The van der Waals surface area contributed by atoms with Crippen molar-refractivity contribution in [2.45, 2.75) is 32.9 Å². The first kappa shape index (κ1) is 18.3. The zero-order chi connectivity index (χ0) is 17.7. The number of methoxy groups -OCH3 is 1. The van der Waals surface area contributed by atoms with E-state index in [2.05, 4.69) is 17.6 Å². The van der Waals surface area contributed by atoms with Crippen LogP contribution in [0.4, 0.5) is 0 Å². The van der Waals surface area contributed by atoms with Gasteiger partial charge in [0, 0.05) is 31.2 Å². The lowest BCUT2D eigenvalue weighted by Crippen LogP contribution is -2.57. The summed E-state index contributed by atoms with van der Waals surface area (Å²) < 4.78 is 5.10. The van der Waals surface area contributed by atoms with Gasteiger partial charge < -0.3 is 20.3 Å². The molecular formula is C18H27N3O3. The number of nitrogens with one attached hydrogen (secondary N) is 2. The average Bonchev–Trinajstić information content (AvgIpc) is 2.58. The first-order valence-corrected chi connectivity index (χ1v) is 8.39. The van der Waals surface area contributed by atoms with Gasteiger partial charge in [0.25, 0.3) is 5.91 Å². The van der Waals surface area contributed by atoms with Crippen LogP contribution in [0.1, 0.15) is 31.1 Å². The number of ether oxygens (including phenoxy) is 1. The third kappa shape index (κ3) is 4.47. The first-order valence-electron chi connectivity index (χ1n) is 8.39. The van der Waals surface area contributed by atoms with Gasteiger partial charge in [-0.1, -0.05) is 13.8 Å². The van der Waals surface area contributed by atoms with Crippen LogP contribution < -0.4 is 15.4 Å². The normalized spacial score (nSPS) is 19.0. The molecule has 0 saturated carbocycles. The van der Waals surface area contributed by atoms with Gasteiger partial charge in [-0.25, -0.2) is 0 Å². The summed E-state index contributed by atoms with van der Waals surface area (Å²) in [7, 11) is 1.58. The lowest BCUT2D eigenvalue weighted by Gasteiger charge is -2.35. The monoisotopic (exact) mass is 333 g/mol. The van der Waals surface area contributed by atoms with Crippen LogP contribution in [0.2, 0.25) is 0 Å². The summed E-state index contributed by atoms with van der Waals surface area (Å²) in [5.74, 6) is 0.454. The van der Waals surface area contributed by atoms with E-state index < -0.39 is 6.04 Å². The molecule has 2 amide bonds. The fraction of sp³-hybridized carbons (Fsp3) is 0.556. The zero-order valence-corrected chi connectivity index (χ0v) is 14.8. The fourth-order valence-electron chi connectivity index (χ4n) is 2.81. The van der Waals surface area contributed by atoms with E-state index >= 15 is 0 Å². The van der Waals surface area contributed by atoms with E-state index in [1.165, 1.54) is 0 Å². The molecular weight excluding hydrogens is 306 g/mol. The molecule has 1 fully saturated rings. The van der Waals surface area contributed by atoms with Gasteiger partial charge in [0.05, 0.1) is 7.11 Å². The lowest BCUT2D eigenvalue weighted by atomic mass is 10.0. The van der Waals surface area contributed by atoms with Crippen LogP contribution in [-0.2, 0) is 4.79 Å². The van der Waals surface area contributed by atoms with Gasteiger partial charge in [-0.2, -0.15) is 0 Å². The summed E-state index contributed by atoms with van der Waals surface area (Å²) in [6.07, 6.45) is 0. The molecule has 1 aliphatic heterocycles. The highest BCUT2D eigenvalue weighted by atomic mass is 16.5. The van der Waals surface area contributed by atoms with E-state index in [0.29, 0.717) is 24.4 Å². The molecule has 1 saturated heterocycles. The second-order valence-electron chi connectivity index (χ2n) is 6.56. The highest BCUT2D eigenvalue weighted by Gasteiger charge is 2.30. The molecule has 6 heteroatoms. The Morgan fingerprint density at radius 2 is 1.96 bits per heavy atom. The quantitative estimate of drug-likeness (QED) is 0.851. The number of carbonyl (C=O) groups excluding carboxylic acids is 2. The molecule has 2 atom stereocenters. The van der Waals surface area contributed by atoms with Gasteiger partial charge in [0.1, 0.15) is 11.8 Å². The topological polar surface area (TPSA) is 70.7 Å². The third-order valence-electron chi connectivity index (χ3n) is 4.25. The maximum Gasteiger partial charge on any atom is 0.251 e. The van der Waals surface area contributed by atoms with Crippen LogP contribution in [0.15, 0.2) is 24.3 Å². The summed E-state index contributed by atoms with van der Waals surface area (Å²) in [6.45, 7) is 8.07. The number of rotatable bonds is 5. The summed E-state index contributed by atoms with van der Waals surface area (Å²) >= 11 is 0. The van der Waals surface area contributed by atoms with Crippen LogP contribution in [-0.4, -0.2) is 55.5 Å². The largest absolute Gasteiger partial charge is 0.497 e. The Labute approximate surface area is 143 Å². The number of carbonyl (C=O) groups is 2. The molecule has 0 aliphatic carbocycles. The number of amides is 2. The molecule has 2 unspecified atom stereocenters. The van der Waals surface area contributed by atoms with E-state index in [1.807, 2.05) is 18.7 Å². The molecule has 1 heterocycles. The predicted octanol–water partition coefficient (Wildman–Crippen LogP) is 1.27. The predicted molar refractivity (Wildman–Crippen MR) is 93.1 cm³/mol. The molecule has 1 aromatic rings. The van der Waals surface area contributed by atoms with Gasteiger partial charge in [-0.3, -0.25) is 9.59 Å². The molecule has 0 bridgehead atoms. The van der Waals surface area contributed by atoms with Crippen LogP contribution >= 0.6 is 0 Å². The Bertz CT molecular complexity index is 571. The van der Waals surface area contributed by atoms with Crippen molar-refractivity contribution >= 4 is 11.8 Å². The van der Waals surface area contributed by atoms with E-state index in [9.17, 15) is 9.59 Å². The minimum absolute atomic E-state index is 0.0137. The number of hydrogen-bond acceptors (Lipinski definition) is 4. The highest BCUT2D eigenvalue weighted by Crippen LogP contribution is 2.13. The second kappa shape index (κ2) is 8.15. The molecule has 0 radical (unpaired) electrons. The van der Waals surface area contributed by atoms with Crippen molar-refractivity contribution in [1.29, 1.82) is 0 Å². The molecule has 2 rings (SSSR count). The molecule has 132 valence electrons. The van der Waals surface area contributed by atoms with Crippen molar-refractivity contribution in [2.24, 2.45) is 5.92 Å². The SMILES string of the molecule is COc1ccc(C(=O)NC(C(=O)N2CCNC(C)C2)C(C)C)cc1. The lowest BCUT2D eigenvalue weighted by molar-refractivity contribution is -0.135. The maximum absolute atomic E-state index is 12.8. The molecule has 1 aromatic carbocycles. The van der Waals surface area contributed by atoms with Crippen molar-refractivity contribution in [3.8, 4) is 5.75 Å². The van der Waals surface area contributed by atoms with Gasteiger partial charge in [-0.15, -0.1) is 0 Å². The Morgan fingerprint density at radius 1 is 1.29 bits per heavy atom. The Balaban J connectivity index is 2.06. The average molecular weight is 333 g/mol. The van der Waals surface area contributed by atoms with E-state index in [0.717, 1.165) is 6.54 Å². The van der Waals surface area contributed by atoms with Crippen molar-refractivity contribution < 1.29 is 14.3 Å². The van der Waals surface area contributed by atoms with Crippen molar-refractivity contribution in [2.75, 3.05) is 26.7 Å². The minimum atomic E-state index is -0.523. The molecule has 1 aliphatic rings. The third-order valence-corrected chi connectivity index (χ3v) is 4.25. The second-order valence-corrected chi connectivity index (χ2v) is 6.56. The maximum atomic E-state index is 12.8. The van der Waals surface area contributed by atoms with E-state index in [1.54, 1.807) is 31.4 Å². The number of piperazine rings is 1. The fourth-order valence-corrected chi connectivity index (χ4v) is 2.81. The molecule has 0 aromatic heterocycles. The Hall–Kier alpha value is -2.08. The standard InChI is InChI=1S/C18H27N3O3/c1-12(2)16(18(23)21-10-9-19-13(3)11-21)20-17(22)14-5-7-15(24-4)8-6-14/h5-8,12-13,16,19H,9-11H2,1-4H3,(H,20,22). The van der Waals surface area contributed by atoms with Gasteiger partial charge >= 0.3 is 0 Å². The highest BCUT2D eigenvalue weighted by molar-refractivity contribution is 5.97. The van der Waals surface area contributed by atoms with E-state index in [-0.39, 0.29) is 23.8 Å². The summed E-state index contributed by atoms with van der Waals surface area (Å²) in [4.78, 5) is 27.1. The summed E-state index contributed by atoms with van der Waals surface area (Å²) in [5, 5.41) is 6.21. The van der Waals surface area contributed by atoms with Crippen LogP contribution in [0.3, 0.4) is 0 Å². The molecule has 24 heavy (non-hydrogen) atoms. The Kier molecular flexibility index (Phi) is 6.20. The number of benzene rings is 1. The summed E-state index contributed by atoms with van der Waals surface area (Å²) in [6, 6.07) is 6.61. The smallest absolute Gasteiger partial charge is 0.251 e. The Morgan fingerprint density at radius 3 is 2.50 bits per heavy atom. The molecule has 6 nitrogen and oxygen atoms in total. The van der Waals surface area contributed by atoms with Crippen molar-refractivity contribution in [3.05, 3.63) is 29.8 Å². The molecule has 2 N–H and O–H groups in total. The number of hydrogen-bond donors (Lipinski definition) is 2.